The van der Waals surface area contributed by atoms with Crippen molar-refractivity contribution in [3.8, 4) is 0 Å². The lowest BCUT2D eigenvalue weighted by atomic mass is 9.96. The molecule has 3 rings (SSSR count). The first-order valence-electron chi connectivity index (χ1n) is 9.07. The topological polar surface area (TPSA) is 43.2 Å². The van der Waals surface area contributed by atoms with E-state index in [-0.39, 0.29) is 0 Å². The molecule has 2 aliphatic rings. The van der Waals surface area contributed by atoms with Crippen LogP contribution < -0.4 is 0 Å². The molecule has 0 spiro atoms. The fraction of sp³-hybridized carbons (Fsp3) is 0.600. The predicted molar refractivity (Wildman–Crippen MR) is 98.3 cm³/mol. The van der Waals surface area contributed by atoms with Crippen molar-refractivity contribution in [3.05, 3.63) is 34.4 Å². The van der Waals surface area contributed by atoms with Gasteiger partial charge in [0.25, 0.3) is 0 Å². The molecule has 1 aromatic rings. The van der Waals surface area contributed by atoms with Crippen LogP contribution in [-0.2, 0) is 22.3 Å². The van der Waals surface area contributed by atoms with Gasteiger partial charge in [0.1, 0.15) is 13.2 Å². The number of aliphatic imine (C=N–C) groups is 2. The Morgan fingerprint density at radius 1 is 0.833 bits per heavy atom. The van der Waals surface area contributed by atoms with Crippen molar-refractivity contribution < 1.29 is 9.47 Å². The molecule has 24 heavy (non-hydrogen) atoms. The number of aryl methyl sites for hydroxylation is 2. The number of hydrogen-bond acceptors (Lipinski definition) is 4. The molecule has 4 nitrogen and oxygen atoms in total. The van der Waals surface area contributed by atoms with Gasteiger partial charge in [0.2, 0.25) is 0 Å². The molecule has 0 bridgehead atoms. The van der Waals surface area contributed by atoms with E-state index in [0.717, 1.165) is 50.7 Å². The summed E-state index contributed by atoms with van der Waals surface area (Å²) >= 11 is 0. The highest BCUT2D eigenvalue weighted by atomic mass is 16.5. The van der Waals surface area contributed by atoms with Crippen LogP contribution in [0.15, 0.2) is 22.1 Å². The van der Waals surface area contributed by atoms with Crippen molar-refractivity contribution >= 4 is 11.8 Å². The lowest BCUT2D eigenvalue weighted by molar-refractivity contribution is 0.309. The van der Waals surface area contributed by atoms with E-state index in [1.54, 1.807) is 0 Å². The second-order valence-corrected chi connectivity index (χ2v) is 6.85. The van der Waals surface area contributed by atoms with Crippen molar-refractivity contribution in [3.63, 3.8) is 0 Å². The maximum absolute atomic E-state index is 5.75. The van der Waals surface area contributed by atoms with Crippen LogP contribution in [-0.4, -0.2) is 37.1 Å². The maximum atomic E-state index is 5.75. The standard InChI is InChI=1S/C20H28N2O2/c1-5-17-11-23-19(21-17)9-15-8-16(14(4)7-13(15)3)10-20-22-18(6-2)12-24-20/h7-8,17-18H,5-6,9-12H2,1-4H3/t17-,18-/m0/s1. The molecule has 2 atom stereocenters. The molecule has 2 aliphatic heterocycles. The van der Waals surface area contributed by atoms with Crippen LogP contribution in [0, 0.1) is 13.8 Å². The summed E-state index contributed by atoms with van der Waals surface area (Å²) in [6.07, 6.45) is 3.63. The third kappa shape index (κ3) is 3.80. The van der Waals surface area contributed by atoms with Crippen LogP contribution in [0.3, 0.4) is 0 Å². The lowest BCUT2D eigenvalue weighted by Gasteiger charge is -2.12. The molecule has 0 radical (unpaired) electrons. The molecule has 1 aromatic carbocycles. The van der Waals surface area contributed by atoms with Gasteiger partial charge in [0.15, 0.2) is 11.8 Å². The van der Waals surface area contributed by atoms with Crippen LogP contribution in [0.2, 0.25) is 0 Å². The second kappa shape index (κ2) is 7.37. The van der Waals surface area contributed by atoms with E-state index >= 15 is 0 Å². The Hall–Kier alpha value is -1.84. The molecule has 130 valence electrons. The molecule has 0 N–H and O–H groups in total. The number of hydrogen-bond donors (Lipinski definition) is 0. The number of rotatable bonds is 6. The van der Waals surface area contributed by atoms with Gasteiger partial charge in [0.05, 0.1) is 12.1 Å². The second-order valence-electron chi connectivity index (χ2n) is 6.85. The summed E-state index contributed by atoms with van der Waals surface area (Å²) in [5.41, 5.74) is 5.17. The Morgan fingerprint density at radius 3 is 1.67 bits per heavy atom. The zero-order valence-corrected chi connectivity index (χ0v) is 15.3. The minimum atomic E-state index is 0.331. The zero-order chi connectivity index (χ0) is 17.1. The third-order valence-corrected chi connectivity index (χ3v) is 4.96. The van der Waals surface area contributed by atoms with Crippen molar-refractivity contribution in [1.82, 2.24) is 0 Å². The zero-order valence-electron chi connectivity index (χ0n) is 15.3. The van der Waals surface area contributed by atoms with Crippen LogP contribution in [0.1, 0.15) is 48.9 Å². The Labute approximate surface area is 145 Å². The first-order valence-corrected chi connectivity index (χ1v) is 9.07. The predicted octanol–water partition coefficient (Wildman–Crippen LogP) is 3.80. The normalized spacial score (nSPS) is 22.8. The molecule has 0 saturated carbocycles. The minimum Gasteiger partial charge on any atom is -0.478 e. The molecule has 0 fully saturated rings. The smallest absolute Gasteiger partial charge is 0.188 e. The summed E-state index contributed by atoms with van der Waals surface area (Å²) in [5, 5.41) is 0. The van der Waals surface area contributed by atoms with Crippen molar-refractivity contribution in [2.75, 3.05) is 13.2 Å². The number of nitrogens with zero attached hydrogens (tertiary/aromatic N) is 2. The van der Waals surface area contributed by atoms with E-state index in [1.807, 2.05) is 0 Å². The van der Waals surface area contributed by atoms with E-state index in [4.69, 9.17) is 9.47 Å². The van der Waals surface area contributed by atoms with E-state index in [0.29, 0.717) is 12.1 Å². The van der Waals surface area contributed by atoms with Crippen LogP contribution in [0.25, 0.3) is 0 Å². The fourth-order valence-electron chi connectivity index (χ4n) is 3.21. The molecule has 0 aromatic heterocycles. The average Bonchev–Trinajstić information content (AvgIpc) is 3.21. The SMILES string of the molecule is CC[C@H]1COC(Cc2cc(CC3=N[C@@H](CC)CO3)c(C)cc2C)=N1. The Morgan fingerprint density at radius 2 is 1.29 bits per heavy atom. The summed E-state index contributed by atoms with van der Waals surface area (Å²) in [6.45, 7) is 10.1. The van der Waals surface area contributed by atoms with Gasteiger partial charge in [-0.2, -0.15) is 0 Å². The van der Waals surface area contributed by atoms with E-state index in [1.165, 1.54) is 22.3 Å². The minimum absolute atomic E-state index is 0.331. The molecule has 0 aliphatic carbocycles. The first-order chi connectivity index (χ1) is 11.6. The van der Waals surface area contributed by atoms with Gasteiger partial charge in [-0.05, 0) is 48.9 Å². The van der Waals surface area contributed by atoms with Gasteiger partial charge in [-0.25, -0.2) is 9.98 Å². The highest BCUT2D eigenvalue weighted by Crippen LogP contribution is 2.21. The van der Waals surface area contributed by atoms with Crippen molar-refractivity contribution in [2.24, 2.45) is 9.98 Å². The highest BCUT2D eigenvalue weighted by Gasteiger charge is 2.20. The summed E-state index contributed by atoms with van der Waals surface area (Å²) < 4.78 is 11.5. The Kier molecular flexibility index (Phi) is 5.22. The maximum Gasteiger partial charge on any atom is 0.188 e. The Balaban J connectivity index is 1.76. The van der Waals surface area contributed by atoms with E-state index in [9.17, 15) is 0 Å². The quantitative estimate of drug-likeness (QED) is 0.797. The first kappa shape index (κ1) is 17.0. The average molecular weight is 328 g/mol. The van der Waals surface area contributed by atoms with Gasteiger partial charge < -0.3 is 9.47 Å². The summed E-state index contributed by atoms with van der Waals surface area (Å²) in [5.74, 6) is 1.75. The molecule has 0 amide bonds. The fourth-order valence-corrected chi connectivity index (χ4v) is 3.21. The summed E-state index contributed by atoms with van der Waals surface area (Å²) in [7, 11) is 0. The van der Waals surface area contributed by atoms with Gasteiger partial charge in [-0.15, -0.1) is 0 Å². The van der Waals surface area contributed by atoms with Crippen LogP contribution >= 0.6 is 0 Å². The number of benzene rings is 1. The molecule has 0 saturated heterocycles. The number of ether oxygens (including phenoxy) is 2. The highest BCUT2D eigenvalue weighted by molar-refractivity contribution is 5.82. The van der Waals surface area contributed by atoms with Crippen LogP contribution in [0.5, 0.6) is 0 Å². The van der Waals surface area contributed by atoms with Crippen LogP contribution in [0.4, 0.5) is 0 Å². The van der Waals surface area contributed by atoms with Gasteiger partial charge in [-0.3, -0.25) is 0 Å². The van der Waals surface area contributed by atoms with Crippen molar-refractivity contribution in [1.29, 1.82) is 0 Å². The summed E-state index contributed by atoms with van der Waals surface area (Å²) in [4.78, 5) is 9.33. The third-order valence-electron chi connectivity index (χ3n) is 4.96. The van der Waals surface area contributed by atoms with Gasteiger partial charge in [-0.1, -0.05) is 26.0 Å². The van der Waals surface area contributed by atoms with E-state index in [2.05, 4.69) is 49.8 Å². The largest absolute Gasteiger partial charge is 0.478 e. The molecule has 2 heterocycles. The molecule has 4 heteroatoms. The Bertz CT molecular complexity index is 611. The monoisotopic (exact) mass is 328 g/mol. The van der Waals surface area contributed by atoms with Crippen molar-refractivity contribution in [2.45, 2.75) is 65.5 Å². The summed E-state index contributed by atoms with van der Waals surface area (Å²) in [6, 6.07) is 5.19. The molecule has 0 unspecified atom stereocenters. The lowest BCUT2D eigenvalue weighted by Crippen LogP contribution is -2.09. The molecular formula is C20H28N2O2. The van der Waals surface area contributed by atoms with Gasteiger partial charge >= 0.3 is 0 Å². The van der Waals surface area contributed by atoms with E-state index < -0.39 is 0 Å². The molecular weight excluding hydrogens is 300 g/mol. The van der Waals surface area contributed by atoms with Gasteiger partial charge in [0, 0.05) is 12.8 Å².